The van der Waals surface area contributed by atoms with Crippen LogP contribution in [0.4, 0.5) is 0 Å². The normalized spacial score (nSPS) is 12.4. The van der Waals surface area contributed by atoms with Crippen molar-refractivity contribution < 1.29 is 4.74 Å². The van der Waals surface area contributed by atoms with E-state index >= 15 is 0 Å². The maximum absolute atomic E-state index is 5.41. The SMILES string of the molecule is CCNC(C)c1ccc(OC)c(Cn2cncn2)c1. The van der Waals surface area contributed by atoms with E-state index in [-0.39, 0.29) is 0 Å². The summed E-state index contributed by atoms with van der Waals surface area (Å²) in [7, 11) is 1.69. The highest BCUT2D eigenvalue weighted by Crippen LogP contribution is 2.24. The van der Waals surface area contributed by atoms with E-state index < -0.39 is 0 Å². The fourth-order valence-corrected chi connectivity index (χ4v) is 2.10. The van der Waals surface area contributed by atoms with Gasteiger partial charge in [-0.1, -0.05) is 13.0 Å². The lowest BCUT2D eigenvalue weighted by Crippen LogP contribution is -2.18. The van der Waals surface area contributed by atoms with Crippen molar-refractivity contribution in [2.24, 2.45) is 0 Å². The van der Waals surface area contributed by atoms with Crippen LogP contribution in [0.1, 0.15) is 31.0 Å². The summed E-state index contributed by atoms with van der Waals surface area (Å²) in [5.41, 5.74) is 2.35. The van der Waals surface area contributed by atoms with Crippen molar-refractivity contribution in [3.8, 4) is 5.75 Å². The van der Waals surface area contributed by atoms with Gasteiger partial charge in [-0.05, 0) is 31.2 Å². The average molecular weight is 260 g/mol. The lowest BCUT2D eigenvalue weighted by molar-refractivity contribution is 0.407. The molecule has 2 aromatic rings. The predicted octanol–water partition coefficient (Wildman–Crippen LogP) is 2.01. The number of benzene rings is 1. The van der Waals surface area contributed by atoms with Gasteiger partial charge in [0.1, 0.15) is 18.4 Å². The van der Waals surface area contributed by atoms with Gasteiger partial charge in [-0.3, -0.25) is 0 Å². The van der Waals surface area contributed by atoms with Crippen LogP contribution in [-0.4, -0.2) is 28.4 Å². The van der Waals surface area contributed by atoms with Gasteiger partial charge in [0.05, 0.1) is 13.7 Å². The molecule has 5 nitrogen and oxygen atoms in total. The number of hydrogen-bond acceptors (Lipinski definition) is 4. The first kappa shape index (κ1) is 13.5. The molecule has 1 heterocycles. The Morgan fingerprint density at radius 3 is 2.89 bits per heavy atom. The van der Waals surface area contributed by atoms with Crippen molar-refractivity contribution in [2.45, 2.75) is 26.4 Å². The largest absolute Gasteiger partial charge is 0.496 e. The summed E-state index contributed by atoms with van der Waals surface area (Å²) in [6.45, 7) is 5.88. The second kappa shape index (κ2) is 6.33. The molecule has 0 radical (unpaired) electrons. The Bertz CT molecular complexity index is 510. The first-order valence-corrected chi connectivity index (χ1v) is 6.47. The fourth-order valence-electron chi connectivity index (χ4n) is 2.10. The minimum absolute atomic E-state index is 0.324. The highest BCUT2D eigenvalue weighted by atomic mass is 16.5. The number of aromatic nitrogens is 3. The average Bonchev–Trinajstić information content (AvgIpc) is 2.92. The smallest absolute Gasteiger partial charge is 0.137 e. The molecule has 1 aromatic heterocycles. The van der Waals surface area contributed by atoms with Crippen LogP contribution in [0.15, 0.2) is 30.9 Å². The van der Waals surface area contributed by atoms with Gasteiger partial charge in [-0.25, -0.2) is 9.67 Å². The molecular formula is C14H20N4O. The Hall–Kier alpha value is -1.88. The molecular weight excluding hydrogens is 240 g/mol. The van der Waals surface area contributed by atoms with Gasteiger partial charge in [-0.15, -0.1) is 0 Å². The van der Waals surface area contributed by atoms with Gasteiger partial charge in [-0.2, -0.15) is 5.10 Å². The molecule has 1 N–H and O–H groups in total. The number of rotatable bonds is 6. The van der Waals surface area contributed by atoms with Gasteiger partial charge in [0.15, 0.2) is 0 Å². The number of nitrogens with zero attached hydrogens (tertiary/aromatic N) is 3. The van der Waals surface area contributed by atoms with Crippen LogP contribution in [0.2, 0.25) is 0 Å². The van der Waals surface area contributed by atoms with Crippen LogP contribution in [-0.2, 0) is 6.54 Å². The maximum Gasteiger partial charge on any atom is 0.137 e. The first-order chi connectivity index (χ1) is 9.24. The molecule has 0 aliphatic rings. The summed E-state index contributed by atoms with van der Waals surface area (Å²) in [5.74, 6) is 0.878. The Labute approximate surface area is 113 Å². The Balaban J connectivity index is 2.25. The Morgan fingerprint density at radius 2 is 2.26 bits per heavy atom. The monoisotopic (exact) mass is 260 g/mol. The zero-order chi connectivity index (χ0) is 13.7. The molecule has 2 rings (SSSR count). The highest BCUT2D eigenvalue weighted by Gasteiger charge is 2.09. The van der Waals surface area contributed by atoms with E-state index in [2.05, 4.69) is 41.4 Å². The van der Waals surface area contributed by atoms with E-state index in [1.807, 2.05) is 6.07 Å². The molecule has 0 aliphatic heterocycles. The van der Waals surface area contributed by atoms with E-state index in [0.717, 1.165) is 17.9 Å². The van der Waals surface area contributed by atoms with E-state index in [1.54, 1.807) is 18.1 Å². The van der Waals surface area contributed by atoms with E-state index in [9.17, 15) is 0 Å². The topological polar surface area (TPSA) is 52.0 Å². The van der Waals surface area contributed by atoms with Gasteiger partial charge in [0.2, 0.25) is 0 Å². The van der Waals surface area contributed by atoms with E-state index in [1.165, 1.54) is 11.9 Å². The van der Waals surface area contributed by atoms with Crippen molar-refractivity contribution in [3.05, 3.63) is 42.0 Å². The molecule has 19 heavy (non-hydrogen) atoms. The Kier molecular flexibility index (Phi) is 4.52. The van der Waals surface area contributed by atoms with Crippen LogP contribution in [0.5, 0.6) is 5.75 Å². The third-order valence-corrected chi connectivity index (χ3v) is 3.11. The molecule has 0 spiro atoms. The predicted molar refractivity (Wildman–Crippen MR) is 74.2 cm³/mol. The number of nitrogens with one attached hydrogen (secondary N) is 1. The number of hydrogen-bond donors (Lipinski definition) is 1. The quantitative estimate of drug-likeness (QED) is 0.863. The maximum atomic E-state index is 5.41. The van der Waals surface area contributed by atoms with Crippen molar-refractivity contribution >= 4 is 0 Å². The zero-order valence-electron chi connectivity index (χ0n) is 11.6. The van der Waals surface area contributed by atoms with Crippen LogP contribution in [0, 0.1) is 0 Å². The summed E-state index contributed by atoms with van der Waals surface area (Å²) < 4.78 is 7.20. The number of ether oxygens (including phenoxy) is 1. The first-order valence-electron chi connectivity index (χ1n) is 6.47. The summed E-state index contributed by atoms with van der Waals surface area (Å²) in [6, 6.07) is 6.59. The summed E-state index contributed by atoms with van der Waals surface area (Å²) in [5, 5.41) is 7.54. The van der Waals surface area contributed by atoms with Crippen LogP contribution >= 0.6 is 0 Å². The summed E-state index contributed by atoms with van der Waals surface area (Å²) in [4.78, 5) is 3.96. The minimum atomic E-state index is 0.324. The van der Waals surface area contributed by atoms with Crippen LogP contribution < -0.4 is 10.1 Å². The molecule has 0 amide bonds. The van der Waals surface area contributed by atoms with Crippen molar-refractivity contribution in [3.63, 3.8) is 0 Å². The number of methoxy groups -OCH3 is 1. The molecule has 5 heteroatoms. The van der Waals surface area contributed by atoms with Crippen molar-refractivity contribution in [2.75, 3.05) is 13.7 Å². The van der Waals surface area contributed by atoms with Gasteiger partial charge in [0.25, 0.3) is 0 Å². The standard InChI is InChI=1S/C14H20N4O/c1-4-16-11(2)12-5-6-14(19-3)13(7-12)8-18-10-15-9-17-18/h5-7,9-11,16H,4,8H2,1-3H3. The molecule has 102 valence electrons. The highest BCUT2D eigenvalue weighted by molar-refractivity contribution is 5.38. The lowest BCUT2D eigenvalue weighted by atomic mass is 10.0. The summed E-state index contributed by atoms with van der Waals surface area (Å²) in [6.07, 6.45) is 3.25. The molecule has 1 unspecified atom stereocenters. The van der Waals surface area contributed by atoms with Gasteiger partial charge in [0, 0.05) is 11.6 Å². The second-order valence-corrected chi connectivity index (χ2v) is 4.44. The van der Waals surface area contributed by atoms with Gasteiger partial charge < -0.3 is 10.1 Å². The third kappa shape index (κ3) is 3.32. The van der Waals surface area contributed by atoms with Crippen LogP contribution in [0.25, 0.3) is 0 Å². The van der Waals surface area contributed by atoms with E-state index in [4.69, 9.17) is 4.74 Å². The van der Waals surface area contributed by atoms with E-state index in [0.29, 0.717) is 12.6 Å². The third-order valence-electron chi connectivity index (χ3n) is 3.11. The molecule has 0 aliphatic carbocycles. The zero-order valence-corrected chi connectivity index (χ0v) is 11.6. The molecule has 0 bridgehead atoms. The summed E-state index contributed by atoms with van der Waals surface area (Å²) >= 11 is 0. The molecule has 0 saturated heterocycles. The fraction of sp³-hybridized carbons (Fsp3) is 0.429. The van der Waals surface area contributed by atoms with Gasteiger partial charge >= 0.3 is 0 Å². The molecule has 0 fully saturated rings. The van der Waals surface area contributed by atoms with Crippen molar-refractivity contribution in [1.82, 2.24) is 20.1 Å². The molecule has 1 aromatic carbocycles. The Morgan fingerprint density at radius 1 is 1.42 bits per heavy atom. The van der Waals surface area contributed by atoms with Crippen LogP contribution in [0.3, 0.4) is 0 Å². The van der Waals surface area contributed by atoms with Crippen molar-refractivity contribution in [1.29, 1.82) is 0 Å². The minimum Gasteiger partial charge on any atom is -0.496 e. The molecule has 1 atom stereocenters. The molecule has 0 saturated carbocycles. The lowest BCUT2D eigenvalue weighted by Gasteiger charge is -2.16. The second-order valence-electron chi connectivity index (χ2n) is 4.44.